The van der Waals surface area contributed by atoms with Gasteiger partial charge in [0.1, 0.15) is 0 Å². The number of urea groups is 1. The van der Waals surface area contributed by atoms with Crippen LogP contribution >= 0.6 is 0 Å². The molecule has 0 aromatic heterocycles. The van der Waals surface area contributed by atoms with Gasteiger partial charge in [-0.2, -0.15) is 0 Å². The summed E-state index contributed by atoms with van der Waals surface area (Å²) in [5.41, 5.74) is 6.29. The monoisotopic (exact) mass is 439 g/mol. The van der Waals surface area contributed by atoms with Crippen LogP contribution in [0.2, 0.25) is 0 Å². The largest absolute Gasteiger partial charge is 0.331 e. The van der Waals surface area contributed by atoms with Crippen LogP contribution in [0.15, 0.2) is 72.8 Å². The minimum absolute atomic E-state index is 0.0536. The van der Waals surface area contributed by atoms with E-state index in [0.29, 0.717) is 18.7 Å². The van der Waals surface area contributed by atoms with Crippen molar-refractivity contribution in [1.82, 2.24) is 9.80 Å². The summed E-state index contributed by atoms with van der Waals surface area (Å²) < 4.78 is 0. The van der Waals surface area contributed by atoms with E-state index >= 15 is 0 Å². The number of rotatable bonds is 2. The van der Waals surface area contributed by atoms with E-state index in [1.54, 1.807) is 0 Å². The topological polar surface area (TPSA) is 52.7 Å². The zero-order valence-electron chi connectivity index (χ0n) is 19.1. The van der Waals surface area contributed by atoms with Gasteiger partial charge in [-0.1, -0.05) is 48.5 Å². The van der Waals surface area contributed by atoms with Gasteiger partial charge in [0.25, 0.3) is 5.91 Å². The Kier molecular flexibility index (Phi) is 5.63. The maximum atomic E-state index is 13.5. The molecule has 2 aliphatic heterocycles. The summed E-state index contributed by atoms with van der Waals surface area (Å²) >= 11 is 0. The quantitative estimate of drug-likeness (QED) is 0.579. The Morgan fingerprint density at radius 1 is 0.848 bits per heavy atom. The number of para-hydroxylation sites is 1. The van der Waals surface area contributed by atoms with Crippen LogP contribution < -0.4 is 5.32 Å². The highest BCUT2D eigenvalue weighted by molar-refractivity contribution is 5.95. The second kappa shape index (κ2) is 8.74. The molecular formula is C28H29N3O2. The van der Waals surface area contributed by atoms with E-state index in [1.165, 1.54) is 16.7 Å². The third kappa shape index (κ3) is 4.11. The van der Waals surface area contributed by atoms with Crippen molar-refractivity contribution in [2.45, 2.75) is 45.3 Å². The van der Waals surface area contributed by atoms with Crippen molar-refractivity contribution in [3.8, 4) is 0 Å². The zero-order valence-corrected chi connectivity index (χ0v) is 19.1. The molecule has 5 rings (SSSR count). The standard InChI is InChI=1S/C28H29N3O2/c1-19-16-22-8-6-7-9-24(22)18-31(19)27(32)23-13-12-21-14-15-30(20(2)26(21)17-23)28(33)29-25-10-4-3-5-11-25/h3-13,17,19-20H,14-16,18H2,1-2H3,(H,29,33)/t19-,20?/m1/s1. The van der Waals surface area contributed by atoms with Crippen molar-refractivity contribution in [2.24, 2.45) is 0 Å². The second-order valence-electron chi connectivity index (χ2n) is 9.08. The molecule has 0 radical (unpaired) electrons. The summed E-state index contributed by atoms with van der Waals surface area (Å²) in [7, 11) is 0. The second-order valence-corrected chi connectivity index (χ2v) is 9.08. The first-order valence-electron chi connectivity index (χ1n) is 11.6. The maximum absolute atomic E-state index is 13.5. The van der Waals surface area contributed by atoms with Crippen LogP contribution in [0.4, 0.5) is 10.5 Å². The number of amides is 3. The third-order valence-corrected chi connectivity index (χ3v) is 6.99. The minimum Gasteiger partial charge on any atom is -0.331 e. The highest BCUT2D eigenvalue weighted by Gasteiger charge is 2.31. The van der Waals surface area contributed by atoms with Crippen LogP contribution in [0.5, 0.6) is 0 Å². The molecule has 0 aliphatic carbocycles. The van der Waals surface area contributed by atoms with Crippen LogP contribution in [0.25, 0.3) is 0 Å². The molecule has 2 atom stereocenters. The number of hydrogen-bond donors (Lipinski definition) is 1. The molecule has 168 valence electrons. The van der Waals surface area contributed by atoms with Gasteiger partial charge in [-0.05, 0) is 73.2 Å². The lowest BCUT2D eigenvalue weighted by molar-refractivity contribution is 0.0658. The highest BCUT2D eigenvalue weighted by atomic mass is 16.2. The normalized spacial score (nSPS) is 19.5. The van der Waals surface area contributed by atoms with E-state index in [1.807, 2.05) is 65.3 Å². The predicted molar refractivity (Wildman–Crippen MR) is 130 cm³/mol. The Morgan fingerprint density at radius 3 is 2.36 bits per heavy atom. The molecule has 3 aromatic rings. The van der Waals surface area contributed by atoms with Gasteiger partial charge in [-0.25, -0.2) is 4.79 Å². The summed E-state index contributed by atoms with van der Waals surface area (Å²) in [5, 5.41) is 2.99. The van der Waals surface area contributed by atoms with Gasteiger partial charge in [-0.15, -0.1) is 0 Å². The molecule has 1 N–H and O–H groups in total. The molecule has 0 saturated heterocycles. The van der Waals surface area contributed by atoms with Crippen molar-refractivity contribution >= 4 is 17.6 Å². The lowest BCUT2D eigenvalue weighted by atomic mass is 9.90. The van der Waals surface area contributed by atoms with Crippen molar-refractivity contribution in [3.05, 3.63) is 101 Å². The predicted octanol–water partition coefficient (Wildman–Crippen LogP) is 5.42. The first-order valence-corrected chi connectivity index (χ1v) is 11.6. The lowest BCUT2D eigenvalue weighted by Gasteiger charge is -2.37. The fourth-order valence-electron chi connectivity index (χ4n) is 5.06. The van der Waals surface area contributed by atoms with E-state index < -0.39 is 0 Å². The van der Waals surface area contributed by atoms with Crippen LogP contribution in [0.3, 0.4) is 0 Å². The van der Waals surface area contributed by atoms with Gasteiger partial charge in [0, 0.05) is 30.4 Å². The Labute approximate surface area is 195 Å². The summed E-state index contributed by atoms with van der Waals surface area (Å²) in [6.45, 7) is 5.44. The first kappa shape index (κ1) is 21.3. The summed E-state index contributed by atoms with van der Waals surface area (Å²) in [5.74, 6) is 0.0536. The van der Waals surface area contributed by atoms with Crippen molar-refractivity contribution in [3.63, 3.8) is 0 Å². The van der Waals surface area contributed by atoms with Gasteiger partial charge in [0.05, 0.1) is 6.04 Å². The number of carbonyl (C=O) groups excluding carboxylic acids is 2. The number of nitrogens with one attached hydrogen (secondary N) is 1. The molecule has 33 heavy (non-hydrogen) atoms. The van der Waals surface area contributed by atoms with Crippen molar-refractivity contribution in [1.29, 1.82) is 0 Å². The molecule has 3 amide bonds. The average molecular weight is 440 g/mol. The summed E-state index contributed by atoms with van der Waals surface area (Å²) in [4.78, 5) is 30.3. The smallest absolute Gasteiger partial charge is 0.322 e. The van der Waals surface area contributed by atoms with Gasteiger partial charge in [-0.3, -0.25) is 4.79 Å². The Balaban J connectivity index is 1.36. The number of anilines is 1. The van der Waals surface area contributed by atoms with E-state index in [9.17, 15) is 9.59 Å². The van der Waals surface area contributed by atoms with Crippen LogP contribution in [0.1, 0.15) is 52.5 Å². The van der Waals surface area contributed by atoms with Crippen molar-refractivity contribution < 1.29 is 9.59 Å². The van der Waals surface area contributed by atoms with Crippen LogP contribution in [-0.2, 0) is 19.4 Å². The lowest BCUT2D eigenvalue weighted by Crippen LogP contribution is -2.43. The number of carbonyl (C=O) groups is 2. The molecular weight excluding hydrogens is 410 g/mol. The highest BCUT2D eigenvalue weighted by Crippen LogP contribution is 2.32. The van der Waals surface area contributed by atoms with Gasteiger partial charge in [0.2, 0.25) is 0 Å². The molecule has 5 heteroatoms. The molecule has 2 aliphatic rings. The fraction of sp³-hybridized carbons (Fsp3) is 0.286. The van der Waals surface area contributed by atoms with E-state index in [4.69, 9.17) is 0 Å². The van der Waals surface area contributed by atoms with Gasteiger partial charge >= 0.3 is 6.03 Å². The van der Waals surface area contributed by atoms with E-state index in [0.717, 1.165) is 24.1 Å². The zero-order chi connectivity index (χ0) is 22.9. The van der Waals surface area contributed by atoms with Crippen LogP contribution in [0, 0.1) is 0 Å². The van der Waals surface area contributed by atoms with E-state index in [-0.39, 0.29) is 24.0 Å². The molecule has 0 fully saturated rings. The Bertz CT molecular complexity index is 1190. The average Bonchev–Trinajstić information content (AvgIpc) is 2.84. The molecule has 2 heterocycles. The summed E-state index contributed by atoms with van der Waals surface area (Å²) in [6.07, 6.45) is 1.65. The number of benzene rings is 3. The molecule has 0 spiro atoms. The molecule has 5 nitrogen and oxygen atoms in total. The summed E-state index contributed by atoms with van der Waals surface area (Å²) in [6, 6.07) is 23.8. The third-order valence-electron chi connectivity index (χ3n) is 6.99. The number of nitrogens with zero attached hydrogens (tertiary/aromatic N) is 2. The fourth-order valence-corrected chi connectivity index (χ4v) is 5.06. The first-order chi connectivity index (χ1) is 16.0. The molecule has 3 aromatic carbocycles. The maximum Gasteiger partial charge on any atom is 0.322 e. The Morgan fingerprint density at radius 2 is 1.58 bits per heavy atom. The molecule has 0 saturated carbocycles. The van der Waals surface area contributed by atoms with Crippen LogP contribution in [-0.4, -0.2) is 34.3 Å². The van der Waals surface area contributed by atoms with Gasteiger partial charge in [0.15, 0.2) is 0 Å². The minimum atomic E-state index is -0.114. The van der Waals surface area contributed by atoms with Gasteiger partial charge < -0.3 is 15.1 Å². The SMILES string of the molecule is CC1c2cc(C(=O)N3Cc4ccccc4C[C@H]3C)ccc2CCN1C(=O)Nc1ccccc1. The Hall–Kier alpha value is -3.60. The van der Waals surface area contributed by atoms with Crippen molar-refractivity contribution in [2.75, 3.05) is 11.9 Å². The number of hydrogen-bond acceptors (Lipinski definition) is 2. The van der Waals surface area contributed by atoms with E-state index in [2.05, 4.69) is 36.5 Å². The molecule has 1 unspecified atom stereocenters. The number of fused-ring (bicyclic) bond motifs is 2. The molecule has 0 bridgehead atoms.